The fraction of sp³-hybridized carbons (Fsp3) is 0.538. The van der Waals surface area contributed by atoms with E-state index in [0.717, 1.165) is 18.7 Å². The predicted molar refractivity (Wildman–Crippen MR) is 84.3 cm³/mol. The van der Waals surface area contributed by atoms with Crippen LogP contribution in [-0.4, -0.2) is 38.0 Å². The van der Waals surface area contributed by atoms with Crippen LogP contribution in [0.3, 0.4) is 0 Å². The van der Waals surface area contributed by atoms with Crippen LogP contribution in [0.15, 0.2) is 12.1 Å². The van der Waals surface area contributed by atoms with Crippen LogP contribution in [0, 0.1) is 5.92 Å². The molecular formula is C13H19Cl3N2O2. The molecule has 0 bridgehead atoms. The third-order valence-corrected chi connectivity index (χ3v) is 3.81. The summed E-state index contributed by atoms with van der Waals surface area (Å²) in [6.45, 7) is 2.84. The van der Waals surface area contributed by atoms with E-state index in [4.69, 9.17) is 27.9 Å². The van der Waals surface area contributed by atoms with Crippen molar-refractivity contribution in [3.05, 3.63) is 27.7 Å². The van der Waals surface area contributed by atoms with Crippen molar-refractivity contribution in [3.8, 4) is 5.75 Å². The number of ether oxygens (including phenoxy) is 1. The standard InChI is InChI=1S/C13H18Cl2N2O2.ClH/c1-19-13-8(2-10(14)3-11(13)15)4-16-5-9-6-17-7-12(9)18;/h2-3,9,12,16-18H,4-7H2,1H3;1H. The highest BCUT2D eigenvalue weighted by Gasteiger charge is 2.24. The number of hydrogen-bond acceptors (Lipinski definition) is 4. The molecule has 20 heavy (non-hydrogen) atoms. The van der Waals surface area contributed by atoms with Gasteiger partial charge < -0.3 is 20.5 Å². The minimum atomic E-state index is -0.280. The molecule has 0 aliphatic carbocycles. The summed E-state index contributed by atoms with van der Waals surface area (Å²) in [4.78, 5) is 0. The SMILES string of the molecule is COc1c(Cl)cc(Cl)cc1CNCC1CNCC1O.Cl. The molecule has 1 heterocycles. The fourth-order valence-electron chi connectivity index (χ4n) is 2.29. The third kappa shape index (κ3) is 4.38. The number of rotatable bonds is 5. The number of hydrogen-bond donors (Lipinski definition) is 3. The lowest BCUT2D eigenvalue weighted by atomic mass is 10.1. The molecule has 2 atom stereocenters. The average Bonchev–Trinajstić information content (AvgIpc) is 2.75. The molecule has 1 fully saturated rings. The van der Waals surface area contributed by atoms with Crippen molar-refractivity contribution in [1.82, 2.24) is 10.6 Å². The van der Waals surface area contributed by atoms with Crippen molar-refractivity contribution in [2.24, 2.45) is 5.92 Å². The highest BCUT2D eigenvalue weighted by Crippen LogP contribution is 2.32. The lowest BCUT2D eigenvalue weighted by molar-refractivity contribution is 0.146. The maximum Gasteiger partial charge on any atom is 0.142 e. The van der Waals surface area contributed by atoms with E-state index in [1.54, 1.807) is 13.2 Å². The second-order valence-corrected chi connectivity index (χ2v) is 5.54. The molecule has 7 heteroatoms. The number of nitrogens with one attached hydrogen (secondary N) is 2. The van der Waals surface area contributed by atoms with Crippen molar-refractivity contribution >= 4 is 35.6 Å². The highest BCUT2D eigenvalue weighted by atomic mass is 35.5. The Morgan fingerprint density at radius 3 is 2.75 bits per heavy atom. The first-order valence-electron chi connectivity index (χ1n) is 6.23. The molecule has 2 rings (SSSR count). The molecule has 0 saturated carbocycles. The maximum absolute atomic E-state index is 9.71. The van der Waals surface area contributed by atoms with Crippen molar-refractivity contribution in [1.29, 1.82) is 0 Å². The Labute approximate surface area is 135 Å². The monoisotopic (exact) mass is 340 g/mol. The first-order chi connectivity index (χ1) is 9.11. The molecule has 1 saturated heterocycles. The summed E-state index contributed by atoms with van der Waals surface area (Å²) in [6, 6.07) is 3.50. The molecule has 1 aliphatic heterocycles. The topological polar surface area (TPSA) is 53.5 Å². The summed E-state index contributed by atoms with van der Waals surface area (Å²) in [5, 5.41) is 17.3. The van der Waals surface area contributed by atoms with Crippen LogP contribution in [0.25, 0.3) is 0 Å². The first kappa shape index (κ1) is 17.8. The summed E-state index contributed by atoms with van der Waals surface area (Å²) < 4.78 is 5.28. The number of aliphatic hydroxyl groups excluding tert-OH is 1. The van der Waals surface area contributed by atoms with Crippen molar-refractivity contribution in [3.63, 3.8) is 0 Å². The van der Waals surface area contributed by atoms with Crippen LogP contribution >= 0.6 is 35.6 Å². The quantitative estimate of drug-likeness (QED) is 0.768. The summed E-state index contributed by atoms with van der Waals surface area (Å²) in [5.41, 5.74) is 0.917. The Morgan fingerprint density at radius 1 is 1.40 bits per heavy atom. The van der Waals surface area contributed by atoms with Crippen LogP contribution in [0.4, 0.5) is 0 Å². The number of methoxy groups -OCH3 is 1. The molecule has 3 N–H and O–H groups in total. The fourth-order valence-corrected chi connectivity index (χ4v) is 2.91. The average molecular weight is 342 g/mol. The van der Waals surface area contributed by atoms with E-state index in [-0.39, 0.29) is 24.4 Å². The Bertz CT molecular complexity index is 446. The van der Waals surface area contributed by atoms with Gasteiger partial charge in [0.15, 0.2) is 0 Å². The van der Waals surface area contributed by atoms with E-state index >= 15 is 0 Å². The number of benzene rings is 1. The van der Waals surface area contributed by atoms with Gasteiger partial charge in [-0.1, -0.05) is 23.2 Å². The molecule has 4 nitrogen and oxygen atoms in total. The smallest absolute Gasteiger partial charge is 0.142 e. The Hall–Kier alpha value is -0.230. The molecule has 1 aromatic rings. The van der Waals surface area contributed by atoms with E-state index in [2.05, 4.69) is 10.6 Å². The minimum absolute atomic E-state index is 0. The molecule has 0 radical (unpaired) electrons. The Morgan fingerprint density at radius 2 is 2.15 bits per heavy atom. The largest absolute Gasteiger partial charge is 0.495 e. The van der Waals surface area contributed by atoms with Gasteiger partial charge in [0.25, 0.3) is 0 Å². The Balaban J connectivity index is 0.00000200. The van der Waals surface area contributed by atoms with Gasteiger partial charge in [0, 0.05) is 42.7 Å². The Kier molecular flexibility index (Phi) is 7.37. The molecular weight excluding hydrogens is 323 g/mol. The van der Waals surface area contributed by atoms with Gasteiger partial charge in [-0.2, -0.15) is 0 Å². The normalized spacial score (nSPS) is 21.6. The second kappa shape index (κ2) is 8.27. The zero-order chi connectivity index (χ0) is 13.8. The summed E-state index contributed by atoms with van der Waals surface area (Å²) >= 11 is 12.1. The van der Waals surface area contributed by atoms with E-state index < -0.39 is 0 Å². The van der Waals surface area contributed by atoms with Crippen molar-refractivity contribution in [2.75, 3.05) is 26.7 Å². The van der Waals surface area contributed by atoms with Gasteiger partial charge in [0.1, 0.15) is 5.75 Å². The van der Waals surface area contributed by atoms with Crippen molar-refractivity contribution < 1.29 is 9.84 Å². The predicted octanol–water partition coefficient (Wildman–Crippen LogP) is 2.09. The zero-order valence-electron chi connectivity index (χ0n) is 11.2. The second-order valence-electron chi connectivity index (χ2n) is 4.70. The summed E-state index contributed by atoms with van der Waals surface area (Å²) in [6.07, 6.45) is -0.280. The molecule has 0 aromatic heterocycles. The summed E-state index contributed by atoms with van der Waals surface area (Å²) in [5.74, 6) is 0.879. The van der Waals surface area contributed by atoms with Crippen LogP contribution < -0.4 is 15.4 Å². The van der Waals surface area contributed by atoms with Crippen LogP contribution in [0.5, 0.6) is 5.75 Å². The lowest BCUT2D eigenvalue weighted by Crippen LogP contribution is -2.30. The van der Waals surface area contributed by atoms with Gasteiger partial charge in [-0.25, -0.2) is 0 Å². The van der Waals surface area contributed by atoms with Gasteiger partial charge in [0.05, 0.1) is 18.2 Å². The third-order valence-electron chi connectivity index (χ3n) is 3.32. The number of halogens is 3. The van der Waals surface area contributed by atoms with E-state index in [0.29, 0.717) is 28.9 Å². The van der Waals surface area contributed by atoms with Crippen LogP contribution in [0.1, 0.15) is 5.56 Å². The van der Waals surface area contributed by atoms with Crippen LogP contribution in [-0.2, 0) is 6.54 Å². The highest BCUT2D eigenvalue weighted by molar-refractivity contribution is 6.35. The van der Waals surface area contributed by atoms with Crippen molar-refractivity contribution in [2.45, 2.75) is 12.6 Å². The molecule has 2 unspecified atom stereocenters. The van der Waals surface area contributed by atoms with Gasteiger partial charge in [0.2, 0.25) is 0 Å². The van der Waals surface area contributed by atoms with Gasteiger partial charge in [-0.15, -0.1) is 12.4 Å². The zero-order valence-corrected chi connectivity index (χ0v) is 13.5. The first-order valence-corrected chi connectivity index (χ1v) is 6.99. The van der Waals surface area contributed by atoms with E-state index in [1.165, 1.54) is 0 Å². The van der Waals surface area contributed by atoms with Gasteiger partial charge in [-0.05, 0) is 12.1 Å². The number of aliphatic hydroxyl groups is 1. The van der Waals surface area contributed by atoms with Gasteiger partial charge >= 0.3 is 0 Å². The van der Waals surface area contributed by atoms with E-state index in [1.807, 2.05) is 6.07 Å². The molecule has 1 aliphatic rings. The van der Waals surface area contributed by atoms with E-state index in [9.17, 15) is 5.11 Å². The minimum Gasteiger partial charge on any atom is -0.495 e. The molecule has 1 aromatic carbocycles. The maximum atomic E-state index is 9.71. The lowest BCUT2D eigenvalue weighted by Gasteiger charge is -2.16. The summed E-state index contributed by atoms with van der Waals surface area (Å²) in [7, 11) is 1.59. The molecule has 0 spiro atoms. The molecule has 0 amide bonds. The van der Waals surface area contributed by atoms with Gasteiger partial charge in [-0.3, -0.25) is 0 Å². The van der Waals surface area contributed by atoms with Crippen LogP contribution in [0.2, 0.25) is 10.0 Å². The number of β-amino-alcohol motifs (C(OH)–C–C–N with tert-alkyl or cyclic N) is 1. The molecule has 114 valence electrons.